The van der Waals surface area contributed by atoms with Gasteiger partial charge >= 0.3 is 0 Å². The van der Waals surface area contributed by atoms with Crippen LogP contribution < -0.4 is 15.5 Å². The number of nitrogen functional groups attached to an aromatic ring is 1. The molecule has 0 atom stereocenters. The van der Waals surface area contributed by atoms with Crippen LogP contribution in [0, 0.1) is 6.92 Å². The molecule has 2 fully saturated rings. The van der Waals surface area contributed by atoms with Gasteiger partial charge in [-0.1, -0.05) is 0 Å². The fraction of sp³-hybridized carbons (Fsp3) is 0.524. The summed E-state index contributed by atoms with van der Waals surface area (Å²) in [4.78, 5) is 23.1. The van der Waals surface area contributed by atoms with Crippen molar-refractivity contribution in [2.75, 3.05) is 69.4 Å². The Hall–Kier alpha value is -2.45. The number of quaternary nitrogens is 1. The summed E-state index contributed by atoms with van der Waals surface area (Å²) in [5, 5.41) is 0. The molecule has 182 valence electrons. The number of nitrogens with zero attached hydrogens (tertiary/aromatic N) is 6. The molecule has 0 unspecified atom stereocenters. The van der Waals surface area contributed by atoms with E-state index in [1.54, 1.807) is 21.8 Å². The zero-order valence-electron chi connectivity index (χ0n) is 19.3. The summed E-state index contributed by atoms with van der Waals surface area (Å²) in [6.45, 7) is 8.28. The van der Waals surface area contributed by atoms with Gasteiger partial charge in [0.25, 0.3) is 0 Å². The Balaban J connectivity index is 1.47. The van der Waals surface area contributed by atoms with E-state index in [9.17, 15) is 8.42 Å². The maximum Gasteiger partial charge on any atom is 0.220 e. The van der Waals surface area contributed by atoms with Crippen LogP contribution >= 0.6 is 11.3 Å². The summed E-state index contributed by atoms with van der Waals surface area (Å²) >= 11 is 1.72. The largest absolute Gasteiger partial charge is 0.378 e. The molecule has 0 aromatic carbocycles. The first-order valence-corrected chi connectivity index (χ1v) is 14.0. The lowest BCUT2D eigenvalue weighted by atomic mass is 10.2. The van der Waals surface area contributed by atoms with Gasteiger partial charge in [0.05, 0.1) is 72.0 Å². The predicted octanol–water partition coefficient (Wildman–Crippen LogP) is -0.464. The summed E-state index contributed by atoms with van der Waals surface area (Å²) in [5.74, 6) is 1.73. The van der Waals surface area contributed by atoms with Crippen LogP contribution in [-0.4, -0.2) is 91.4 Å². The molecule has 5 heterocycles. The van der Waals surface area contributed by atoms with Gasteiger partial charge in [0, 0.05) is 19.3 Å². The van der Waals surface area contributed by atoms with Crippen LogP contribution in [0.5, 0.6) is 0 Å². The zero-order valence-corrected chi connectivity index (χ0v) is 21.0. The Morgan fingerprint density at radius 1 is 1.15 bits per heavy atom. The standard InChI is InChI=1S/C21H28N8O3S2/c1-14-16(12-23-21(22)24-14)19-25-17-11-15(13-27-3-5-29(6-4-27)34(2,30)31)33-18(17)20(26-19)28-7-9-32-10-8-28/h11-12H,3-10,13H2,1-2H3,(H2,22,23,24)/p+1. The van der Waals surface area contributed by atoms with E-state index in [0.717, 1.165) is 60.0 Å². The summed E-state index contributed by atoms with van der Waals surface area (Å²) in [6.07, 6.45) is 2.96. The minimum absolute atomic E-state index is 0.229. The van der Waals surface area contributed by atoms with Crippen molar-refractivity contribution in [2.45, 2.75) is 13.5 Å². The van der Waals surface area contributed by atoms with Crippen molar-refractivity contribution in [3.05, 3.63) is 22.8 Å². The number of nitrogens with two attached hydrogens (primary N) is 1. The first-order chi connectivity index (χ1) is 16.3. The molecule has 0 spiro atoms. The Kier molecular flexibility index (Phi) is 6.37. The van der Waals surface area contributed by atoms with Gasteiger partial charge in [-0.05, 0) is 13.0 Å². The van der Waals surface area contributed by atoms with Crippen molar-refractivity contribution < 1.29 is 18.1 Å². The number of sulfonamides is 1. The van der Waals surface area contributed by atoms with Crippen LogP contribution in [0.4, 0.5) is 11.8 Å². The van der Waals surface area contributed by atoms with E-state index in [-0.39, 0.29) is 5.95 Å². The van der Waals surface area contributed by atoms with Crippen LogP contribution in [0.25, 0.3) is 21.6 Å². The summed E-state index contributed by atoms with van der Waals surface area (Å²) in [7, 11) is -3.13. The predicted molar refractivity (Wildman–Crippen MR) is 131 cm³/mol. The second kappa shape index (κ2) is 9.30. The van der Waals surface area contributed by atoms with E-state index in [0.29, 0.717) is 32.1 Å². The van der Waals surface area contributed by atoms with Crippen LogP contribution in [0.1, 0.15) is 10.6 Å². The van der Waals surface area contributed by atoms with Crippen molar-refractivity contribution in [3.63, 3.8) is 0 Å². The first-order valence-electron chi connectivity index (χ1n) is 11.3. The van der Waals surface area contributed by atoms with Crippen molar-refractivity contribution in [1.82, 2.24) is 24.2 Å². The number of nitrogens with one attached hydrogen (secondary N) is 1. The number of thiophene rings is 1. The fourth-order valence-electron chi connectivity index (χ4n) is 4.42. The van der Waals surface area contributed by atoms with E-state index in [1.807, 2.05) is 6.92 Å². The van der Waals surface area contributed by atoms with Crippen LogP contribution in [0.3, 0.4) is 0 Å². The number of hydrogen-bond donors (Lipinski definition) is 2. The molecular weight excluding hydrogens is 476 g/mol. The van der Waals surface area contributed by atoms with E-state index in [2.05, 4.69) is 20.9 Å². The molecule has 3 aromatic heterocycles. The summed E-state index contributed by atoms with van der Waals surface area (Å²) in [5.41, 5.74) is 8.15. The Morgan fingerprint density at radius 2 is 1.88 bits per heavy atom. The number of aryl methyl sites for hydroxylation is 1. The lowest BCUT2D eigenvalue weighted by molar-refractivity contribution is -0.917. The third-order valence-corrected chi connectivity index (χ3v) is 8.70. The third-order valence-electron chi connectivity index (χ3n) is 6.28. The number of hydrogen-bond acceptors (Lipinski definition) is 10. The van der Waals surface area contributed by atoms with E-state index in [4.69, 9.17) is 20.4 Å². The van der Waals surface area contributed by atoms with Crippen LogP contribution in [0.15, 0.2) is 12.3 Å². The van der Waals surface area contributed by atoms with Crippen LogP contribution in [0.2, 0.25) is 0 Å². The topological polar surface area (TPSA) is 132 Å². The summed E-state index contributed by atoms with van der Waals surface area (Å²) < 4.78 is 31.8. The third kappa shape index (κ3) is 4.84. The SMILES string of the molecule is Cc1nc(N)ncc1-c1nc(N2CCOCC2)c2sc(C[NH+]3CCN(S(C)(=O)=O)CC3)cc2n1. The number of ether oxygens (including phenoxy) is 1. The van der Waals surface area contributed by atoms with Gasteiger partial charge in [-0.3, -0.25) is 0 Å². The smallest absolute Gasteiger partial charge is 0.220 e. The van der Waals surface area contributed by atoms with Gasteiger partial charge in [-0.25, -0.2) is 28.4 Å². The monoisotopic (exact) mass is 505 g/mol. The molecule has 0 bridgehead atoms. The maximum absolute atomic E-state index is 11.8. The fourth-order valence-corrected chi connectivity index (χ4v) is 6.45. The van der Waals surface area contributed by atoms with E-state index >= 15 is 0 Å². The number of piperazine rings is 1. The zero-order chi connectivity index (χ0) is 23.9. The molecule has 3 aromatic rings. The summed E-state index contributed by atoms with van der Waals surface area (Å²) in [6, 6.07) is 2.14. The number of anilines is 2. The second-order valence-corrected chi connectivity index (χ2v) is 11.8. The molecule has 2 aliphatic heterocycles. The van der Waals surface area contributed by atoms with Gasteiger partial charge in [0.15, 0.2) is 11.6 Å². The molecular formula is C21H29N8O3S2+. The molecule has 2 saturated heterocycles. The minimum Gasteiger partial charge on any atom is -0.378 e. The lowest BCUT2D eigenvalue weighted by Crippen LogP contribution is -3.13. The van der Waals surface area contributed by atoms with E-state index < -0.39 is 10.0 Å². The van der Waals surface area contributed by atoms with Gasteiger partial charge in [0.1, 0.15) is 6.54 Å². The Bertz CT molecular complexity index is 1300. The van der Waals surface area contributed by atoms with Crippen molar-refractivity contribution in [3.8, 4) is 11.4 Å². The molecule has 0 aliphatic carbocycles. The van der Waals surface area contributed by atoms with Gasteiger partial charge < -0.3 is 20.3 Å². The molecule has 34 heavy (non-hydrogen) atoms. The quantitative estimate of drug-likeness (QED) is 0.473. The Morgan fingerprint density at radius 3 is 2.56 bits per heavy atom. The van der Waals surface area contributed by atoms with Gasteiger partial charge in [-0.2, -0.15) is 4.31 Å². The average Bonchev–Trinajstić information content (AvgIpc) is 3.21. The molecule has 11 nitrogen and oxygen atoms in total. The Labute approximate surface area is 202 Å². The highest BCUT2D eigenvalue weighted by Crippen LogP contribution is 2.34. The normalized spacial score (nSPS) is 18.6. The highest BCUT2D eigenvalue weighted by molar-refractivity contribution is 7.88. The molecule has 5 rings (SSSR count). The van der Waals surface area contributed by atoms with Gasteiger partial charge in [0.2, 0.25) is 16.0 Å². The van der Waals surface area contributed by atoms with Crippen molar-refractivity contribution in [1.29, 1.82) is 0 Å². The van der Waals surface area contributed by atoms with E-state index in [1.165, 1.54) is 16.0 Å². The molecule has 0 saturated carbocycles. The number of rotatable bonds is 5. The number of aromatic nitrogens is 4. The minimum atomic E-state index is -3.13. The highest BCUT2D eigenvalue weighted by Gasteiger charge is 2.27. The highest BCUT2D eigenvalue weighted by atomic mass is 32.2. The first kappa shape index (κ1) is 23.3. The molecule has 2 aliphatic rings. The second-order valence-electron chi connectivity index (χ2n) is 8.71. The molecule has 3 N–H and O–H groups in total. The lowest BCUT2D eigenvalue weighted by Gasteiger charge is -2.30. The molecule has 0 radical (unpaired) electrons. The van der Waals surface area contributed by atoms with Crippen molar-refractivity contribution in [2.24, 2.45) is 0 Å². The average molecular weight is 506 g/mol. The molecule has 13 heteroatoms. The van der Waals surface area contributed by atoms with Crippen molar-refractivity contribution >= 4 is 43.3 Å². The maximum atomic E-state index is 11.8. The molecule has 0 amide bonds. The van der Waals surface area contributed by atoms with Gasteiger partial charge in [-0.15, -0.1) is 11.3 Å². The van der Waals surface area contributed by atoms with Crippen LogP contribution in [-0.2, 0) is 21.3 Å². The number of morpholine rings is 1. The number of fused-ring (bicyclic) bond motifs is 1.